The van der Waals surface area contributed by atoms with Gasteiger partial charge in [-0.1, -0.05) is 37.3 Å². The third-order valence-corrected chi connectivity index (χ3v) is 7.08. The van der Waals surface area contributed by atoms with E-state index in [1.54, 1.807) is 12.1 Å². The van der Waals surface area contributed by atoms with E-state index in [9.17, 15) is 13.2 Å². The molecule has 0 radical (unpaired) electrons. The van der Waals surface area contributed by atoms with Crippen molar-refractivity contribution in [1.82, 2.24) is 10.0 Å². The van der Waals surface area contributed by atoms with Crippen LogP contribution in [0.5, 0.6) is 0 Å². The van der Waals surface area contributed by atoms with Crippen LogP contribution in [0.15, 0.2) is 53.4 Å². The molecule has 6 nitrogen and oxygen atoms in total. The van der Waals surface area contributed by atoms with E-state index >= 15 is 0 Å². The van der Waals surface area contributed by atoms with E-state index in [2.05, 4.69) is 27.1 Å². The summed E-state index contributed by atoms with van der Waals surface area (Å²) in [6.07, 6.45) is 4.48. The van der Waals surface area contributed by atoms with Crippen molar-refractivity contribution in [1.29, 1.82) is 0 Å². The highest BCUT2D eigenvalue weighted by Crippen LogP contribution is 2.29. The van der Waals surface area contributed by atoms with Crippen LogP contribution in [0.25, 0.3) is 0 Å². The van der Waals surface area contributed by atoms with Crippen LogP contribution < -0.4 is 14.9 Å². The van der Waals surface area contributed by atoms with E-state index in [4.69, 9.17) is 0 Å². The predicted molar refractivity (Wildman–Crippen MR) is 125 cm³/mol. The number of hydrogen-bond acceptors (Lipinski definition) is 4. The maximum absolute atomic E-state index is 13.0. The van der Waals surface area contributed by atoms with Gasteiger partial charge in [0.15, 0.2) is 0 Å². The van der Waals surface area contributed by atoms with Crippen LogP contribution in [-0.2, 0) is 16.4 Å². The number of aryl methyl sites for hydroxylation is 1. The van der Waals surface area contributed by atoms with Crippen molar-refractivity contribution in [3.63, 3.8) is 0 Å². The molecule has 2 aromatic rings. The first-order valence-corrected chi connectivity index (χ1v) is 12.6. The molecule has 0 unspecified atom stereocenters. The minimum Gasteiger partial charge on any atom is -0.370 e. The fourth-order valence-electron chi connectivity index (χ4n) is 3.81. The van der Waals surface area contributed by atoms with Crippen molar-refractivity contribution >= 4 is 21.6 Å². The molecule has 1 fully saturated rings. The van der Waals surface area contributed by atoms with Gasteiger partial charge in [-0.05, 0) is 62.8 Å². The first kappa shape index (κ1) is 23.3. The number of nitrogens with one attached hydrogen (secondary N) is 2. The smallest absolute Gasteiger partial charge is 0.251 e. The highest BCUT2D eigenvalue weighted by molar-refractivity contribution is 7.89. The molecule has 1 amide bonds. The summed E-state index contributed by atoms with van der Waals surface area (Å²) in [5.41, 5.74) is 2.27. The number of sulfonamides is 1. The van der Waals surface area contributed by atoms with Gasteiger partial charge < -0.3 is 10.2 Å². The Labute approximate surface area is 186 Å². The molecule has 0 saturated carbocycles. The van der Waals surface area contributed by atoms with Gasteiger partial charge in [0.25, 0.3) is 5.91 Å². The first-order chi connectivity index (χ1) is 14.9. The Morgan fingerprint density at radius 2 is 1.81 bits per heavy atom. The van der Waals surface area contributed by atoms with Crippen molar-refractivity contribution in [2.45, 2.75) is 56.9 Å². The lowest BCUT2D eigenvalue weighted by molar-refractivity contribution is 0.0938. The zero-order valence-corrected chi connectivity index (χ0v) is 19.2. The van der Waals surface area contributed by atoms with Crippen molar-refractivity contribution in [2.24, 2.45) is 0 Å². The van der Waals surface area contributed by atoms with Crippen molar-refractivity contribution < 1.29 is 13.2 Å². The van der Waals surface area contributed by atoms with Crippen LogP contribution in [0.2, 0.25) is 0 Å². The van der Waals surface area contributed by atoms with E-state index in [0.29, 0.717) is 24.2 Å². The molecule has 3 rings (SSSR count). The number of amides is 1. The summed E-state index contributed by atoms with van der Waals surface area (Å²) < 4.78 is 28.6. The summed E-state index contributed by atoms with van der Waals surface area (Å²) in [5.74, 6) is -0.250. The lowest BCUT2D eigenvalue weighted by Gasteiger charge is -2.22. The van der Waals surface area contributed by atoms with Crippen molar-refractivity contribution in [3.8, 4) is 0 Å². The van der Waals surface area contributed by atoms with Crippen molar-refractivity contribution in [2.75, 3.05) is 24.5 Å². The van der Waals surface area contributed by atoms with E-state index in [1.165, 1.54) is 11.6 Å². The first-order valence-electron chi connectivity index (χ1n) is 11.1. The maximum Gasteiger partial charge on any atom is 0.251 e. The molecular formula is C24H33N3O3S. The molecule has 0 spiro atoms. The molecule has 0 bridgehead atoms. The quantitative estimate of drug-likeness (QED) is 0.587. The Hall–Kier alpha value is -2.38. The molecule has 1 heterocycles. The lowest BCUT2D eigenvalue weighted by Crippen LogP contribution is -2.33. The van der Waals surface area contributed by atoms with Gasteiger partial charge in [0.2, 0.25) is 10.0 Å². The van der Waals surface area contributed by atoms with Crippen molar-refractivity contribution in [3.05, 3.63) is 59.7 Å². The van der Waals surface area contributed by atoms with Crippen LogP contribution in [0.4, 0.5) is 5.69 Å². The zero-order chi connectivity index (χ0) is 22.3. The average Bonchev–Trinajstić information content (AvgIpc) is 3.31. The Morgan fingerprint density at radius 3 is 2.48 bits per heavy atom. The van der Waals surface area contributed by atoms with E-state index in [-0.39, 0.29) is 16.8 Å². The Kier molecular flexibility index (Phi) is 8.09. The molecule has 1 saturated heterocycles. The predicted octanol–water partition coefficient (Wildman–Crippen LogP) is 3.73. The fraction of sp³-hybridized carbons (Fsp3) is 0.458. The van der Waals surface area contributed by atoms with Gasteiger partial charge in [0, 0.05) is 31.2 Å². The normalized spacial score (nSPS) is 15.1. The summed E-state index contributed by atoms with van der Waals surface area (Å²) >= 11 is 0. The Morgan fingerprint density at radius 1 is 1.10 bits per heavy atom. The number of nitrogens with zero attached hydrogens (tertiary/aromatic N) is 1. The second kappa shape index (κ2) is 10.8. The van der Waals surface area contributed by atoms with E-state index in [1.807, 2.05) is 32.0 Å². The number of anilines is 1. The molecule has 31 heavy (non-hydrogen) atoms. The topological polar surface area (TPSA) is 78.5 Å². The number of hydrogen-bond donors (Lipinski definition) is 2. The summed E-state index contributed by atoms with van der Waals surface area (Å²) in [7, 11) is -3.69. The van der Waals surface area contributed by atoms with Crippen LogP contribution in [0, 0.1) is 0 Å². The maximum atomic E-state index is 13.0. The zero-order valence-electron chi connectivity index (χ0n) is 18.4. The van der Waals surface area contributed by atoms with Crippen LogP contribution >= 0.6 is 0 Å². The third kappa shape index (κ3) is 6.31. The summed E-state index contributed by atoms with van der Waals surface area (Å²) in [4.78, 5) is 15.1. The SMILES string of the molecule is CCCNS(=O)(=O)c1cc(C(=O)N[C@H](C)CCc2ccccc2)ccc1N1CCCC1. The summed E-state index contributed by atoms with van der Waals surface area (Å²) in [6, 6.07) is 15.2. The molecule has 2 N–H and O–H groups in total. The Bertz CT molecular complexity index is 971. The summed E-state index contributed by atoms with van der Waals surface area (Å²) in [5, 5.41) is 3.01. The second-order valence-electron chi connectivity index (χ2n) is 8.17. The second-order valence-corrected chi connectivity index (χ2v) is 9.91. The van der Waals surface area contributed by atoms with E-state index < -0.39 is 10.0 Å². The highest BCUT2D eigenvalue weighted by atomic mass is 32.2. The fourth-order valence-corrected chi connectivity index (χ4v) is 5.19. The molecule has 1 aliphatic rings. The van der Waals surface area contributed by atoms with Gasteiger partial charge in [-0.2, -0.15) is 0 Å². The van der Waals surface area contributed by atoms with Crippen LogP contribution in [0.3, 0.4) is 0 Å². The molecule has 2 aromatic carbocycles. The van der Waals surface area contributed by atoms with Gasteiger partial charge in [-0.15, -0.1) is 0 Å². The molecular weight excluding hydrogens is 410 g/mol. The van der Waals surface area contributed by atoms with Gasteiger partial charge >= 0.3 is 0 Å². The monoisotopic (exact) mass is 443 g/mol. The van der Waals surface area contributed by atoms with Gasteiger partial charge in [-0.25, -0.2) is 13.1 Å². The van der Waals surface area contributed by atoms with Gasteiger partial charge in [0.1, 0.15) is 4.90 Å². The highest BCUT2D eigenvalue weighted by Gasteiger charge is 2.25. The number of carbonyl (C=O) groups is 1. The molecule has 1 aliphatic heterocycles. The van der Waals surface area contributed by atoms with Gasteiger partial charge in [0.05, 0.1) is 5.69 Å². The largest absolute Gasteiger partial charge is 0.370 e. The minimum atomic E-state index is -3.69. The third-order valence-electron chi connectivity index (χ3n) is 5.59. The number of benzene rings is 2. The molecule has 7 heteroatoms. The lowest BCUT2D eigenvalue weighted by atomic mass is 10.1. The van der Waals surface area contributed by atoms with Crippen LogP contribution in [-0.4, -0.2) is 40.0 Å². The summed E-state index contributed by atoms with van der Waals surface area (Å²) in [6.45, 7) is 5.93. The molecule has 168 valence electrons. The van der Waals surface area contributed by atoms with Crippen LogP contribution in [0.1, 0.15) is 55.5 Å². The molecule has 0 aliphatic carbocycles. The standard InChI is InChI=1S/C24H33N3O3S/c1-3-15-25-31(29,30)23-18-21(13-14-22(23)27-16-7-8-17-27)24(28)26-19(2)11-12-20-9-5-4-6-10-20/h4-6,9-10,13-14,18-19,25H,3,7-8,11-12,15-17H2,1-2H3,(H,26,28)/t19-/m1/s1. The van der Waals surface area contributed by atoms with E-state index in [0.717, 1.165) is 38.8 Å². The van der Waals surface area contributed by atoms with Gasteiger partial charge in [-0.3, -0.25) is 4.79 Å². The number of carbonyl (C=O) groups excluding carboxylic acids is 1. The molecule has 0 aromatic heterocycles. The average molecular weight is 444 g/mol. The number of rotatable bonds is 10. The molecule has 1 atom stereocenters. The minimum absolute atomic E-state index is 0.0239. The Balaban J connectivity index is 1.75.